The van der Waals surface area contributed by atoms with Gasteiger partial charge in [-0.3, -0.25) is 0 Å². The monoisotopic (exact) mass is 277 g/mol. The van der Waals surface area contributed by atoms with Crippen molar-refractivity contribution in [3.05, 3.63) is 71.3 Å². The van der Waals surface area contributed by atoms with Crippen LogP contribution in [0.3, 0.4) is 0 Å². The molecule has 0 unspecified atom stereocenters. The van der Waals surface area contributed by atoms with Crippen molar-refractivity contribution in [1.82, 2.24) is 9.78 Å². The summed E-state index contributed by atoms with van der Waals surface area (Å²) in [5.41, 5.74) is 11.8. The third-order valence-electron chi connectivity index (χ3n) is 3.74. The zero-order valence-corrected chi connectivity index (χ0v) is 12.4. The maximum atomic E-state index is 6.22. The average molecular weight is 277 g/mol. The van der Waals surface area contributed by atoms with Gasteiger partial charge in [0.15, 0.2) is 0 Å². The second-order valence-corrected chi connectivity index (χ2v) is 5.37. The molecule has 3 heteroatoms. The lowest BCUT2D eigenvalue weighted by Crippen LogP contribution is -2.06. The van der Waals surface area contributed by atoms with E-state index in [4.69, 9.17) is 10.8 Å². The number of hydrogen-bond donors (Lipinski definition) is 1. The van der Waals surface area contributed by atoms with Crippen molar-refractivity contribution in [1.29, 1.82) is 0 Å². The molecule has 0 aliphatic heterocycles. The Hall–Kier alpha value is -2.55. The molecule has 1 heterocycles. The second-order valence-electron chi connectivity index (χ2n) is 5.37. The molecule has 1 aromatic heterocycles. The van der Waals surface area contributed by atoms with Crippen molar-refractivity contribution in [3.63, 3.8) is 0 Å². The smallest absolute Gasteiger partial charge is 0.125 e. The zero-order valence-electron chi connectivity index (χ0n) is 12.4. The molecule has 0 radical (unpaired) electrons. The van der Waals surface area contributed by atoms with Crippen LogP contribution in [0.1, 0.15) is 16.7 Å². The Balaban J connectivity index is 1.97. The van der Waals surface area contributed by atoms with Gasteiger partial charge in [-0.15, -0.1) is 0 Å². The van der Waals surface area contributed by atoms with Gasteiger partial charge >= 0.3 is 0 Å². The van der Waals surface area contributed by atoms with E-state index in [0.29, 0.717) is 6.54 Å². The van der Waals surface area contributed by atoms with Crippen molar-refractivity contribution in [2.45, 2.75) is 20.4 Å². The van der Waals surface area contributed by atoms with Crippen molar-refractivity contribution < 1.29 is 0 Å². The van der Waals surface area contributed by atoms with E-state index >= 15 is 0 Å². The highest BCUT2D eigenvalue weighted by Gasteiger charge is 2.13. The van der Waals surface area contributed by atoms with Gasteiger partial charge in [0, 0.05) is 11.1 Å². The van der Waals surface area contributed by atoms with E-state index in [9.17, 15) is 0 Å². The van der Waals surface area contributed by atoms with E-state index in [2.05, 4.69) is 43.3 Å². The topological polar surface area (TPSA) is 43.8 Å². The van der Waals surface area contributed by atoms with Crippen LogP contribution in [-0.2, 0) is 6.54 Å². The molecule has 0 aliphatic rings. The Morgan fingerprint density at radius 1 is 0.952 bits per heavy atom. The molecule has 0 fully saturated rings. The maximum absolute atomic E-state index is 6.22. The normalized spacial score (nSPS) is 10.8. The average Bonchev–Trinajstić information content (AvgIpc) is 2.78. The number of anilines is 1. The van der Waals surface area contributed by atoms with Gasteiger partial charge < -0.3 is 5.73 Å². The number of nitrogens with zero attached hydrogens (tertiary/aromatic N) is 2. The predicted molar refractivity (Wildman–Crippen MR) is 87.1 cm³/mol. The number of hydrogen-bond acceptors (Lipinski definition) is 2. The number of benzene rings is 2. The summed E-state index contributed by atoms with van der Waals surface area (Å²) in [4.78, 5) is 0. The number of aromatic nitrogens is 2. The number of nitrogen functional groups attached to an aromatic ring is 1. The summed E-state index contributed by atoms with van der Waals surface area (Å²) in [6, 6.07) is 18.6. The first kappa shape index (κ1) is 13.4. The van der Waals surface area contributed by atoms with Gasteiger partial charge in [0.05, 0.1) is 12.2 Å². The van der Waals surface area contributed by atoms with Crippen LogP contribution in [0.5, 0.6) is 0 Å². The molecule has 0 saturated heterocycles. The van der Waals surface area contributed by atoms with Crippen LogP contribution in [0.25, 0.3) is 11.3 Å². The minimum atomic E-state index is 0.694. The van der Waals surface area contributed by atoms with E-state index in [-0.39, 0.29) is 0 Å². The van der Waals surface area contributed by atoms with E-state index in [1.165, 1.54) is 11.1 Å². The van der Waals surface area contributed by atoms with Crippen LogP contribution in [0.2, 0.25) is 0 Å². The molecule has 0 saturated carbocycles. The molecule has 0 bridgehead atoms. The predicted octanol–water partition coefficient (Wildman–Crippen LogP) is 3.80. The van der Waals surface area contributed by atoms with E-state index in [1.54, 1.807) is 0 Å². The lowest BCUT2D eigenvalue weighted by molar-refractivity contribution is 0.699. The highest BCUT2D eigenvalue weighted by Crippen LogP contribution is 2.27. The summed E-state index contributed by atoms with van der Waals surface area (Å²) in [5, 5.41) is 4.70. The molecule has 2 N–H and O–H groups in total. The van der Waals surface area contributed by atoms with Crippen LogP contribution in [0.4, 0.5) is 5.82 Å². The highest BCUT2D eigenvalue weighted by molar-refractivity contribution is 5.68. The van der Waals surface area contributed by atoms with Gasteiger partial charge in [0.2, 0.25) is 0 Å². The number of aryl methyl sites for hydroxylation is 1. The van der Waals surface area contributed by atoms with Crippen LogP contribution in [0.15, 0.2) is 54.6 Å². The van der Waals surface area contributed by atoms with Gasteiger partial charge in [-0.25, -0.2) is 4.68 Å². The molecular weight excluding hydrogens is 258 g/mol. The Kier molecular flexibility index (Phi) is 3.48. The van der Waals surface area contributed by atoms with E-state index in [0.717, 1.165) is 22.6 Å². The van der Waals surface area contributed by atoms with Gasteiger partial charge in [0.1, 0.15) is 5.82 Å². The van der Waals surface area contributed by atoms with Crippen LogP contribution >= 0.6 is 0 Å². The Labute approximate surface area is 125 Å². The summed E-state index contributed by atoms with van der Waals surface area (Å²) >= 11 is 0. The molecule has 0 spiro atoms. The molecule has 2 aromatic carbocycles. The summed E-state index contributed by atoms with van der Waals surface area (Å²) < 4.78 is 1.87. The first-order chi connectivity index (χ1) is 10.1. The Bertz CT molecular complexity index is 740. The largest absolute Gasteiger partial charge is 0.384 e. The molecule has 0 aliphatic carbocycles. The van der Waals surface area contributed by atoms with Crippen LogP contribution in [-0.4, -0.2) is 9.78 Å². The van der Waals surface area contributed by atoms with E-state index in [1.807, 2.05) is 29.8 Å². The number of rotatable bonds is 3. The molecule has 3 aromatic rings. The molecule has 106 valence electrons. The summed E-state index contributed by atoms with van der Waals surface area (Å²) in [5.74, 6) is 0.731. The summed E-state index contributed by atoms with van der Waals surface area (Å²) in [6.07, 6.45) is 0. The van der Waals surface area contributed by atoms with Gasteiger partial charge in [-0.2, -0.15) is 5.10 Å². The SMILES string of the molecule is Cc1ccc(-c2nn(Cc3ccccc3)c(N)c2C)cc1. The maximum Gasteiger partial charge on any atom is 0.125 e. The standard InChI is InChI=1S/C18H19N3/c1-13-8-10-16(11-9-13)17-14(2)18(19)21(20-17)12-15-6-4-3-5-7-15/h3-11H,12,19H2,1-2H3. The van der Waals surface area contributed by atoms with Crippen molar-refractivity contribution in [3.8, 4) is 11.3 Å². The van der Waals surface area contributed by atoms with Gasteiger partial charge in [-0.05, 0) is 19.4 Å². The van der Waals surface area contributed by atoms with Gasteiger partial charge in [-0.1, -0.05) is 60.2 Å². The fraction of sp³-hybridized carbons (Fsp3) is 0.167. The van der Waals surface area contributed by atoms with Crippen LogP contribution in [0, 0.1) is 13.8 Å². The second kappa shape index (κ2) is 5.44. The zero-order chi connectivity index (χ0) is 14.8. The minimum Gasteiger partial charge on any atom is -0.384 e. The molecule has 0 atom stereocenters. The fourth-order valence-electron chi connectivity index (χ4n) is 2.43. The fourth-order valence-corrected chi connectivity index (χ4v) is 2.43. The van der Waals surface area contributed by atoms with E-state index < -0.39 is 0 Å². The molecule has 21 heavy (non-hydrogen) atoms. The van der Waals surface area contributed by atoms with Gasteiger partial charge in [0.25, 0.3) is 0 Å². The Morgan fingerprint density at radius 3 is 2.29 bits per heavy atom. The molecule has 3 rings (SSSR count). The Morgan fingerprint density at radius 2 is 1.62 bits per heavy atom. The quantitative estimate of drug-likeness (QED) is 0.791. The first-order valence-corrected chi connectivity index (χ1v) is 7.09. The summed E-state index contributed by atoms with van der Waals surface area (Å²) in [6.45, 7) is 4.80. The van der Waals surface area contributed by atoms with Crippen LogP contribution < -0.4 is 5.73 Å². The molecule has 3 nitrogen and oxygen atoms in total. The third-order valence-corrected chi connectivity index (χ3v) is 3.74. The number of nitrogens with two attached hydrogens (primary N) is 1. The molecule has 0 amide bonds. The third kappa shape index (κ3) is 2.68. The lowest BCUT2D eigenvalue weighted by Gasteiger charge is -2.04. The highest BCUT2D eigenvalue weighted by atomic mass is 15.3. The minimum absolute atomic E-state index is 0.694. The van der Waals surface area contributed by atoms with Crippen molar-refractivity contribution >= 4 is 5.82 Å². The van der Waals surface area contributed by atoms with Crippen molar-refractivity contribution in [2.75, 3.05) is 5.73 Å². The van der Waals surface area contributed by atoms with Crippen molar-refractivity contribution in [2.24, 2.45) is 0 Å². The summed E-state index contributed by atoms with van der Waals surface area (Å²) in [7, 11) is 0. The molecular formula is C18H19N3. The lowest BCUT2D eigenvalue weighted by atomic mass is 10.1. The first-order valence-electron chi connectivity index (χ1n) is 7.09.